The van der Waals surface area contributed by atoms with Crippen molar-refractivity contribution in [3.8, 4) is 0 Å². The zero-order valence-corrected chi connectivity index (χ0v) is 38.1. The van der Waals surface area contributed by atoms with Crippen molar-refractivity contribution in [1.29, 1.82) is 0 Å². The molecule has 0 aromatic heterocycles. The van der Waals surface area contributed by atoms with Crippen LogP contribution >= 0.6 is 0 Å². The van der Waals surface area contributed by atoms with Crippen molar-refractivity contribution in [2.45, 2.75) is 101 Å². The molecule has 12 heteroatoms. The number of hydrogen-bond donors (Lipinski definition) is 0. The van der Waals surface area contributed by atoms with E-state index in [0.717, 1.165) is 33.4 Å². The zero-order chi connectivity index (χ0) is 46.3. The summed E-state index contributed by atoms with van der Waals surface area (Å²) in [5, 5.41) is 0. The van der Waals surface area contributed by atoms with E-state index in [9.17, 15) is 4.79 Å². The third-order valence-electron chi connectivity index (χ3n) is 12.2. The second-order valence-electron chi connectivity index (χ2n) is 17.0. The molecule has 0 unspecified atom stereocenters. The SMILES string of the molecule is CO[C@H]1O[C@H](COCc2ccccc2)[C@H]2O[C@H]3O[C@H](COCc4ccccc4)[C@@H](OCc4ccccc4)[C@H](OCc4ccccc4)[C@H]3OC(=O)c3ccc(cc3)CO[C@@H]2[C@H]1OCc1ccccc1. The summed E-state index contributed by atoms with van der Waals surface area (Å²) in [5.74, 6) is -0.587. The van der Waals surface area contributed by atoms with Gasteiger partial charge in [0.2, 0.25) is 0 Å². The molecule has 354 valence electrons. The van der Waals surface area contributed by atoms with Gasteiger partial charge in [-0.3, -0.25) is 0 Å². The molecule has 6 aromatic rings. The minimum Gasteiger partial charge on any atom is -0.450 e. The monoisotopic (exact) mass is 922 g/mol. The van der Waals surface area contributed by atoms with Crippen LogP contribution in [-0.2, 0) is 91.7 Å². The maximum Gasteiger partial charge on any atom is 0.338 e. The number of fused-ring (bicyclic) bond motifs is 4. The van der Waals surface area contributed by atoms with Crippen molar-refractivity contribution < 1.29 is 56.9 Å². The van der Waals surface area contributed by atoms with Gasteiger partial charge in [-0.05, 0) is 45.5 Å². The average Bonchev–Trinajstić information content (AvgIpc) is 3.40. The molecule has 0 N–H and O–H groups in total. The minimum absolute atomic E-state index is 0.0799. The van der Waals surface area contributed by atoms with Gasteiger partial charge in [0.05, 0.1) is 58.4 Å². The van der Waals surface area contributed by atoms with Gasteiger partial charge >= 0.3 is 5.97 Å². The second-order valence-corrected chi connectivity index (χ2v) is 17.0. The first-order valence-electron chi connectivity index (χ1n) is 23.2. The first-order chi connectivity index (χ1) is 33.6. The van der Waals surface area contributed by atoms with Gasteiger partial charge in [0.15, 0.2) is 18.7 Å². The summed E-state index contributed by atoms with van der Waals surface area (Å²) in [6.07, 6.45) is -9.25. The van der Waals surface area contributed by atoms with Crippen molar-refractivity contribution in [3.05, 3.63) is 215 Å². The Bertz CT molecular complexity index is 2390. The third kappa shape index (κ3) is 12.5. The van der Waals surface area contributed by atoms with E-state index >= 15 is 0 Å². The molecule has 10 atom stereocenters. The minimum atomic E-state index is -1.27. The molecule has 4 heterocycles. The molecule has 0 aliphatic carbocycles. The van der Waals surface area contributed by atoms with Gasteiger partial charge in [-0.25, -0.2) is 4.79 Å². The van der Waals surface area contributed by atoms with E-state index in [1.165, 1.54) is 0 Å². The quantitative estimate of drug-likeness (QED) is 0.0768. The van der Waals surface area contributed by atoms with Crippen LogP contribution in [0.25, 0.3) is 0 Å². The lowest BCUT2D eigenvalue weighted by Gasteiger charge is -2.49. The first-order valence-corrected chi connectivity index (χ1v) is 23.2. The first kappa shape index (κ1) is 47.5. The van der Waals surface area contributed by atoms with Crippen LogP contribution in [0.5, 0.6) is 0 Å². The highest BCUT2D eigenvalue weighted by molar-refractivity contribution is 5.89. The summed E-state index contributed by atoms with van der Waals surface area (Å²) in [6.45, 7) is 1.57. The van der Waals surface area contributed by atoms with Crippen LogP contribution in [0.2, 0.25) is 0 Å². The van der Waals surface area contributed by atoms with E-state index in [-0.39, 0.29) is 39.6 Å². The molecule has 6 aromatic carbocycles. The Morgan fingerprint density at radius 2 is 0.912 bits per heavy atom. The molecule has 10 rings (SSSR count). The lowest BCUT2D eigenvalue weighted by atomic mass is 9.95. The molecule has 0 spiro atoms. The van der Waals surface area contributed by atoms with E-state index in [4.69, 9.17) is 52.1 Å². The Labute approximate surface area is 397 Å². The van der Waals surface area contributed by atoms with Crippen molar-refractivity contribution in [1.82, 2.24) is 0 Å². The predicted molar refractivity (Wildman–Crippen MR) is 251 cm³/mol. The van der Waals surface area contributed by atoms with Gasteiger partial charge in [-0.15, -0.1) is 0 Å². The lowest BCUT2D eigenvalue weighted by Crippen LogP contribution is -2.66. The van der Waals surface area contributed by atoms with Crippen molar-refractivity contribution in [2.75, 3.05) is 20.3 Å². The van der Waals surface area contributed by atoms with Crippen LogP contribution in [0.4, 0.5) is 0 Å². The number of carbonyl (C=O) groups excluding carboxylic acids is 1. The van der Waals surface area contributed by atoms with E-state index in [1.807, 2.05) is 164 Å². The molecular formula is C56H58O12. The number of esters is 1. The largest absolute Gasteiger partial charge is 0.450 e. The molecule has 2 fully saturated rings. The molecule has 2 bridgehead atoms. The smallest absolute Gasteiger partial charge is 0.338 e. The average molecular weight is 923 g/mol. The second kappa shape index (κ2) is 24.1. The summed E-state index contributed by atoms with van der Waals surface area (Å²) < 4.78 is 74.0. The molecule has 4 aliphatic heterocycles. The van der Waals surface area contributed by atoms with E-state index in [0.29, 0.717) is 18.8 Å². The highest BCUT2D eigenvalue weighted by Gasteiger charge is 2.55. The van der Waals surface area contributed by atoms with Gasteiger partial charge in [0, 0.05) is 7.11 Å². The normalized spacial score (nSPS) is 26.0. The summed E-state index contributed by atoms with van der Waals surface area (Å²) in [4.78, 5) is 14.4. The van der Waals surface area contributed by atoms with Gasteiger partial charge in [0.25, 0.3) is 0 Å². The highest BCUT2D eigenvalue weighted by Crippen LogP contribution is 2.37. The molecule has 2 saturated heterocycles. The lowest BCUT2D eigenvalue weighted by molar-refractivity contribution is -0.371. The van der Waals surface area contributed by atoms with E-state index < -0.39 is 67.4 Å². The van der Waals surface area contributed by atoms with Crippen LogP contribution in [-0.4, -0.2) is 87.7 Å². The maximum absolute atomic E-state index is 14.4. The molecular weight excluding hydrogens is 865 g/mol. The Balaban J connectivity index is 1.11. The summed E-state index contributed by atoms with van der Waals surface area (Å²) in [6, 6.07) is 56.5. The van der Waals surface area contributed by atoms with Crippen LogP contribution < -0.4 is 0 Å². The third-order valence-corrected chi connectivity index (χ3v) is 12.2. The molecule has 12 nitrogen and oxygen atoms in total. The number of hydrogen-bond acceptors (Lipinski definition) is 12. The number of benzene rings is 6. The van der Waals surface area contributed by atoms with Gasteiger partial charge in [0.1, 0.15) is 42.7 Å². The van der Waals surface area contributed by atoms with Gasteiger partial charge < -0.3 is 52.1 Å². The van der Waals surface area contributed by atoms with Crippen molar-refractivity contribution in [2.24, 2.45) is 0 Å². The molecule has 68 heavy (non-hydrogen) atoms. The molecule has 0 radical (unpaired) electrons. The van der Waals surface area contributed by atoms with Crippen LogP contribution in [0.1, 0.15) is 43.7 Å². The molecule has 0 saturated carbocycles. The number of rotatable bonds is 18. The Kier molecular flexibility index (Phi) is 16.8. The van der Waals surface area contributed by atoms with Gasteiger partial charge in [-0.1, -0.05) is 164 Å². The van der Waals surface area contributed by atoms with E-state index in [2.05, 4.69) is 0 Å². The zero-order valence-electron chi connectivity index (χ0n) is 38.1. The van der Waals surface area contributed by atoms with Crippen LogP contribution in [0.3, 0.4) is 0 Å². The molecule has 0 amide bonds. The van der Waals surface area contributed by atoms with E-state index in [1.54, 1.807) is 19.2 Å². The number of methoxy groups -OCH3 is 1. The standard InChI is InChI=1S/C56H58O12/c1-58-55-52(64-35-43-25-15-6-16-26-43)51-49(47(65-55)38-60-32-40-19-9-3-10-20-40)68-56-53(67-54(57)45-29-27-44(28-30-45)36-63-51)50(62-34-42-23-13-5-14-24-42)48(61-33-41-21-11-4-12-22-41)46(66-56)37-59-31-39-17-7-2-8-18-39/h2-30,46-53,55-56H,31-38H2,1H3/t46-,47-,48-,49-,50+,51+,52-,53-,55+,56-/m1/s1. The predicted octanol–water partition coefficient (Wildman–Crippen LogP) is 8.78. The fraction of sp³-hybridized carbons (Fsp3) is 0.339. The van der Waals surface area contributed by atoms with Crippen LogP contribution in [0, 0.1) is 0 Å². The number of ether oxygens (including phenoxy) is 11. The fourth-order valence-electron chi connectivity index (χ4n) is 8.68. The fourth-order valence-corrected chi connectivity index (χ4v) is 8.68. The summed E-state index contributed by atoms with van der Waals surface area (Å²) in [7, 11) is 1.58. The summed E-state index contributed by atoms with van der Waals surface area (Å²) >= 11 is 0. The molecule has 4 aliphatic rings. The van der Waals surface area contributed by atoms with Crippen molar-refractivity contribution >= 4 is 5.97 Å². The number of carbonyl (C=O) groups is 1. The Morgan fingerprint density at radius 1 is 0.456 bits per heavy atom. The topological polar surface area (TPSA) is 119 Å². The Hall–Kier alpha value is -5.61. The Morgan fingerprint density at radius 3 is 1.41 bits per heavy atom. The van der Waals surface area contributed by atoms with Crippen LogP contribution in [0.15, 0.2) is 176 Å². The summed E-state index contributed by atoms with van der Waals surface area (Å²) in [5.41, 5.74) is 5.94. The highest BCUT2D eigenvalue weighted by atomic mass is 16.8. The van der Waals surface area contributed by atoms with Crippen molar-refractivity contribution in [3.63, 3.8) is 0 Å². The maximum atomic E-state index is 14.4. The van der Waals surface area contributed by atoms with Gasteiger partial charge in [-0.2, -0.15) is 0 Å².